The van der Waals surface area contributed by atoms with E-state index in [2.05, 4.69) is 65.8 Å². The van der Waals surface area contributed by atoms with Crippen molar-refractivity contribution in [1.29, 1.82) is 0 Å². The van der Waals surface area contributed by atoms with Crippen molar-refractivity contribution in [3.63, 3.8) is 0 Å². The molecule has 0 spiro atoms. The molecule has 0 bridgehead atoms. The predicted octanol–water partition coefficient (Wildman–Crippen LogP) is 5.04. The first kappa shape index (κ1) is 18.2. The first-order valence-electron chi connectivity index (χ1n) is 8.26. The first-order valence-corrected chi connectivity index (χ1v) is 10.6. The van der Waals surface area contributed by atoms with Gasteiger partial charge in [-0.25, -0.2) is 0 Å². The van der Waals surface area contributed by atoms with Crippen molar-refractivity contribution in [2.75, 3.05) is 0 Å². The van der Waals surface area contributed by atoms with E-state index in [0.717, 1.165) is 24.3 Å². The van der Waals surface area contributed by atoms with Crippen molar-refractivity contribution in [2.24, 2.45) is 0 Å². The molecular weight excluding hydrogens is 391 g/mol. The van der Waals surface area contributed by atoms with E-state index in [9.17, 15) is 0 Å². The first-order chi connectivity index (χ1) is 11.0. The van der Waals surface area contributed by atoms with Gasteiger partial charge in [-0.2, -0.15) is 0 Å². The standard InChI is InChI=1S/2C10H14O.Sn/c2*1-4-9-8(3)7(2)5-6-10(9)11;/h2*5-6,11H,4H2,1-3H3;/q;;+2/p-2. The van der Waals surface area contributed by atoms with Crippen LogP contribution in [0.25, 0.3) is 0 Å². The van der Waals surface area contributed by atoms with Gasteiger partial charge in [0.05, 0.1) is 0 Å². The predicted molar refractivity (Wildman–Crippen MR) is 97.6 cm³/mol. The van der Waals surface area contributed by atoms with Gasteiger partial charge in [0.15, 0.2) is 0 Å². The number of hydrogen-bond acceptors (Lipinski definition) is 2. The van der Waals surface area contributed by atoms with Crippen LogP contribution in [0.2, 0.25) is 0 Å². The van der Waals surface area contributed by atoms with E-state index in [1.54, 1.807) is 0 Å². The van der Waals surface area contributed by atoms with Gasteiger partial charge in [0.25, 0.3) is 0 Å². The van der Waals surface area contributed by atoms with Crippen molar-refractivity contribution >= 4 is 22.0 Å². The molecule has 2 nitrogen and oxygen atoms in total. The summed E-state index contributed by atoms with van der Waals surface area (Å²) in [4.78, 5) is 0. The van der Waals surface area contributed by atoms with Crippen molar-refractivity contribution < 1.29 is 6.15 Å². The quantitative estimate of drug-likeness (QED) is 0.614. The topological polar surface area (TPSA) is 18.5 Å². The summed E-state index contributed by atoms with van der Waals surface area (Å²) in [6.45, 7) is 13.0. The number of rotatable bonds is 6. The van der Waals surface area contributed by atoms with Gasteiger partial charge in [-0.15, -0.1) is 0 Å². The fourth-order valence-corrected chi connectivity index (χ4v) is 4.60. The Morgan fingerprint density at radius 3 is 1.43 bits per heavy atom. The zero-order chi connectivity index (χ0) is 17.0. The molecule has 0 aliphatic rings. The van der Waals surface area contributed by atoms with Crippen LogP contribution in [-0.2, 0) is 12.8 Å². The average Bonchev–Trinajstić information content (AvgIpc) is 2.54. The van der Waals surface area contributed by atoms with Crippen molar-refractivity contribution in [2.45, 2.75) is 54.4 Å². The fraction of sp³-hybridized carbons (Fsp3) is 0.400. The summed E-state index contributed by atoms with van der Waals surface area (Å²) in [5.74, 6) is 2.01. The van der Waals surface area contributed by atoms with Gasteiger partial charge in [0.1, 0.15) is 0 Å². The van der Waals surface area contributed by atoms with Gasteiger partial charge in [-0.1, -0.05) is 0 Å². The van der Waals surface area contributed by atoms with E-state index in [1.807, 2.05) is 0 Å². The Hall–Kier alpha value is -1.16. The second-order valence-electron chi connectivity index (χ2n) is 5.96. The molecule has 0 saturated carbocycles. The Morgan fingerprint density at radius 1 is 0.696 bits per heavy atom. The van der Waals surface area contributed by atoms with Crippen LogP contribution in [0.5, 0.6) is 11.5 Å². The normalized spacial score (nSPS) is 10.7. The maximum absolute atomic E-state index is 6.09. The Labute approximate surface area is 151 Å². The molecule has 0 N–H and O–H groups in total. The van der Waals surface area contributed by atoms with Gasteiger partial charge in [0, 0.05) is 0 Å². The van der Waals surface area contributed by atoms with E-state index in [1.165, 1.54) is 33.4 Å². The van der Waals surface area contributed by atoms with Crippen molar-refractivity contribution in [1.82, 2.24) is 0 Å². The van der Waals surface area contributed by atoms with Crippen molar-refractivity contribution in [3.8, 4) is 11.5 Å². The Balaban J connectivity index is 2.12. The second-order valence-corrected chi connectivity index (χ2v) is 7.60. The summed E-state index contributed by atoms with van der Waals surface area (Å²) >= 11 is -1.40. The summed E-state index contributed by atoms with van der Waals surface area (Å²) in [7, 11) is 0. The monoisotopic (exact) mass is 418 g/mol. The van der Waals surface area contributed by atoms with Crippen LogP contribution in [-0.4, -0.2) is 22.0 Å². The van der Waals surface area contributed by atoms with Gasteiger partial charge in [-0.3, -0.25) is 0 Å². The summed E-state index contributed by atoms with van der Waals surface area (Å²) in [6.07, 6.45) is 1.98. The Morgan fingerprint density at radius 2 is 1.09 bits per heavy atom. The number of aryl methyl sites for hydroxylation is 2. The summed E-state index contributed by atoms with van der Waals surface area (Å²) < 4.78 is 12.2. The molecule has 0 unspecified atom stereocenters. The third-order valence-electron chi connectivity index (χ3n) is 4.66. The number of hydrogen-bond donors (Lipinski definition) is 0. The molecule has 2 aromatic carbocycles. The molecule has 0 atom stereocenters. The molecule has 0 amide bonds. The zero-order valence-electron chi connectivity index (χ0n) is 15.0. The molecule has 2 rings (SSSR count). The zero-order valence-corrected chi connectivity index (χ0v) is 17.9. The molecule has 23 heavy (non-hydrogen) atoms. The molecule has 0 aliphatic carbocycles. The third kappa shape index (κ3) is 4.03. The van der Waals surface area contributed by atoms with Gasteiger partial charge in [-0.05, 0) is 0 Å². The van der Waals surface area contributed by atoms with Crippen LogP contribution in [0.3, 0.4) is 0 Å². The van der Waals surface area contributed by atoms with E-state index in [-0.39, 0.29) is 0 Å². The third-order valence-corrected chi connectivity index (χ3v) is 6.39. The fourth-order valence-electron chi connectivity index (χ4n) is 2.88. The van der Waals surface area contributed by atoms with E-state index in [0.29, 0.717) is 0 Å². The molecule has 0 aromatic heterocycles. The summed E-state index contributed by atoms with van der Waals surface area (Å²) in [6, 6.07) is 8.45. The molecule has 0 heterocycles. The van der Waals surface area contributed by atoms with Crippen LogP contribution in [0, 0.1) is 27.7 Å². The second kappa shape index (κ2) is 8.09. The molecule has 2 radical (unpaired) electrons. The molecular formula is C20H26O2Sn. The minimum absolute atomic E-state index is 0.992. The minimum atomic E-state index is -1.40. The van der Waals surface area contributed by atoms with Gasteiger partial charge < -0.3 is 0 Å². The SMILES string of the molecule is CCc1c([O][Sn][O]c2ccc(C)c(C)c2CC)ccc(C)c1C. The van der Waals surface area contributed by atoms with E-state index < -0.39 is 22.0 Å². The molecule has 0 saturated heterocycles. The molecule has 3 heteroatoms. The average molecular weight is 417 g/mol. The summed E-state index contributed by atoms with van der Waals surface area (Å²) in [5.41, 5.74) is 7.94. The Kier molecular flexibility index (Phi) is 6.40. The molecule has 122 valence electrons. The maximum atomic E-state index is 6.09. The van der Waals surface area contributed by atoms with Gasteiger partial charge in [0.2, 0.25) is 0 Å². The van der Waals surface area contributed by atoms with Crippen LogP contribution in [0.1, 0.15) is 47.2 Å². The van der Waals surface area contributed by atoms with Crippen LogP contribution in [0.15, 0.2) is 24.3 Å². The number of benzene rings is 2. The van der Waals surface area contributed by atoms with Crippen LogP contribution < -0.4 is 6.15 Å². The molecule has 0 fully saturated rings. The Bertz CT molecular complexity index is 633. The summed E-state index contributed by atoms with van der Waals surface area (Å²) in [5, 5.41) is 0. The van der Waals surface area contributed by atoms with E-state index in [4.69, 9.17) is 6.15 Å². The van der Waals surface area contributed by atoms with Crippen LogP contribution >= 0.6 is 0 Å². The molecule has 2 aromatic rings. The van der Waals surface area contributed by atoms with Gasteiger partial charge >= 0.3 is 152 Å². The van der Waals surface area contributed by atoms with Crippen LogP contribution in [0.4, 0.5) is 0 Å². The molecule has 0 aliphatic heterocycles. The van der Waals surface area contributed by atoms with Crippen molar-refractivity contribution in [3.05, 3.63) is 57.6 Å². The van der Waals surface area contributed by atoms with E-state index >= 15 is 0 Å².